The maximum absolute atomic E-state index is 9.43. The zero-order chi connectivity index (χ0) is 9.30. The lowest BCUT2D eigenvalue weighted by atomic mass is 9.98. The van der Waals surface area contributed by atoms with E-state index in [1.54, 1.807) is 6.92 Å². The fraction of sp³-hybridized carbons (Fsp3) is 0.400. The highest BCUT2D eigenvalue weighted by atomic mass is 16.3. The zero-order valence-electron chi connectivity index (χ0n) is 7.76. The summed E-state index contributed by atoms with van der Waals surface area (Å²) in [6.07, 6.45) is -0.482. The summed E-state index contributed by atoms with van der Waals surface area (Å²) in [5.41, 5.74) is 9.52. The molecule has 0 aliphatic heterocycles. The second-order valence-corrected chi connectivity index (χ2v) is 3.19. The van der Waals surface area contributed by atoms with Crippen molar-refractivity contribution in [3.63, 3.8) is 0 Å². The predicted molar refractivity (Wildman–Crippen MR) is 51.0 cm³/mol. The molecule has 0 radical (unpaired) electrons. The molecule has 1 aromatic rings. The third-order valence-electron chi connectivity index (χ3n) is 2.24. The molecule has 12 heavy (non-hydrogen) atoms. The predicted octanol–water partition coefficient (Wildman–Crippen LogP) is 1.94. The van der Waals surface area contributed by atoms with E-state index in [1.807, 2.05) is 26.0 Å². The number of anilines is 1. The third-order valence-corrected chi connectivity index (χ3v) is 2.24. The molecular formula is C10H15NO. The number of benzene rings is 1. The van der Waals surface area contributed by atoms with Gasteiger partial charge >= 0.3 is 0 Å². The van der Waals surface area contributed by atoms with Crippen LogP contribution in [0.25, 0.3) is 0 Å². The topological polar surface area (TPSA) is 46.2 Å². The molecule has 0 saturated carbocycles. The van der Waals surface area contributed by atoms with Crippen molar-refractivity contribution < 1.29 is 5.11 Å². The van der Waals surface area contributed by atoms with Crippen molar-refractivity contribution >= 4 is 5.69 Å². The number of aliphatic hydroxyl groups is 1. The van der Waals surface area contributed by atoms with Gasteiger partial charge in [-0.1, -0.05) is 6.07 Å². The van der Waals surface area contributed by atoms with Gasteiger partial charge in [-0.15, -0.1) is 0 Å². The average Bonchev–Trinajstić information content (AvgIpc) is 1.97. The van der Waals surface area contributed by atoms with Gasteiger partial charge in [0.15, 0.2) is 0 Å². The van der Waals surface area contributed by atoms with Gasteiger partial charge in [0.05, 0.1) is 6.10 Å². The molecule has 0 saturated heterocycles. The molecule has 3 N–H and O–H groups in total. The number of hydrogen-bond donors (Lipinski definition) is 2. The Morgan fingerprint density at radius 1 is 1.33 bits per heavy atom. The minimum atomic E-state index is -0.482. The molecule has 0 spiro atoms. The molecular weight excluding hydrogens is 150 g/mol. The maximum Gasteiger partial charge on any atom is 0.0784 e. The summed E-state index contributed by atoms with van der Waals surface area (Å²) in [4.78, 5) is 0. The fourth-order valence-electron chi connectivity index (χ4n) is 1.41. The van der Waals surface area contributed by atoms with E-state index in [-0.39, 0.29) is 0 Å². The average molecular weight is 165 g/mol. The highest BCUT2D eigenvalue weighted by Gasteiger charge is 2.09. The SMILES string of the molecule is Cc1ccc(N)c(C(C)O)c1C. The maximum atomic E-state index is 9.43. The summed E-state index contributed by atoms with van der Waals surface area (Å²) in [6, 6.07) is 3.81. The molecule has 1 unspecified atom stereocenters. The first-order valence-corrected chi connectivity index (χ1v) is 4.07. The summed E-state index contributed by atoms with van der Waals surface area (Å²) in [6.45, 7) is 5.73. The lowest BCUT2D eigenvalue weighted by Gasteiger charge is -2.13. The van der Waals surface area contributed by atoms with Gasteiger partial charge in [-0.3, -0.25) is 0 Å². The third kappa shape index (κ3) is 1.43. The molecule has 1 atom stereocenters. The van der Waals surface area contributed by atoms with E-state index in [0.29, 0.717) is 5.69 Å². The van der Waals surface area contributed by atoms with Crippen molar-refractivity contribution in [2.75, 3.05) is 5.73 Å². The van der Waals surface area contributed by atoms with Crippen LogP contribution in [0.5, 0.6) is 0 Å². The lowest BCUT2D eigenvalue weighted by Crippen LogP contribution is -2.02. The second kappa shape index (κ2) is 3.15. The molecule has 0 aromatic heterocycles. The highest BCUT2D eigenvalue weighted by molar-refractivity contribution is 5.54. The van der Waals surface area contributed by atoms with E-state index in [9.17, 15) is 5.11 Å². The molecule has 66 valence electrons. The van der Waals surface area contributed by atoms with Crippen LogP contribution in [0.4, 0.5) is 5.69 Å². The van der Waals surface area contributed by atoms with Gasteiger partial charge in [-0.25, -0.2) is 0 Å². The summed E-state index contributed by atoms with van der Waals surface area (Å²) < 4.78 is 0. The Kier molecular flexibility index (Phi) is 2.38. The van der Waals surface area contributed by atoms with Crippen molar-refractivity contribution in [3.05, 3.63) is 28.8 Å². The number of aliphatic hydroxyl groups excluding tert-OH is 1. The van der Waals surface area contributed by atoms with Gasteiger partial charge < -0.3 is 10.8 Å². The number of nitrogens with two attached hydrogens (primary N) is 1. The normalized spacial score (nSPS) is 13.0. The van der Waals surface area contributed by atoms with Crippen LogP contribution in [0.15, 0.2) is 12.1 Å². The molecule has 1 aromatic carbocycles. The quantitative estimate of drug-likeness (QED) is 0.625. The van der Waals surface area contributed by atoms with Crippen molar-refractivity contribution in [2.45, 2.75) is 26.9 Å². The highest BCUT2D eigenvalue weighted by Crippen LogP contribution is 2.25. The van der Waals surface area contributed by atoms with E-state index >= 15 is 0 Å². The van der Waals surface area contributed by atoms with Crippen LogP contribution in [0.3, 0.4) is 0 Å². The van der Waals surface area contributed by atoms with Crippen molar-refractivity contribution in [2.24, 2.45) is 0 Å². The van der Waals surface area contributed by atoms with Gasteiger partial charge in [-0.05, 0) is 38.0 Å². The van der Waals surface area contributed by atoms with Crippen LogP contribution in [0.2, 0.25) is 0 Å². The Bertz CT molecular complexity index is 292. The van der Waals surface area contributed by atoms with Gasteiger partial charge in [-0.2, -0.15) is 0 Å². The van der Waals surface area contributed by atoms with E-state index in [2.05, 4.69) is 0 Å². The lowest BCUT2D eigenvalue weighted by molar-refractivity contribution is 0.199. The number of hydrogen-bond acceptors (Lipinski definition) is 2. The Labute approximate surface area is 73.0 Å². The van der Waals surface area contributed by atoms with Crippen LogP contribution in [0, 0.1) is 13.8 Å². The van der Waals surface area contributed by atoms with Crippen molar-refractivity contribution in [1.82, 2.24) is 0 Å². The van der Waals surface area contributed by atoms with E-state index in [1.165, 1.54) is 5.56 Å². The summed E-state index contributed by atoms with van der Waals surface area (Å²) in [7, 11) is 0. The molecule has 2 heteroatoms. The molecule has 0 fully saturated rings. The van der Waals surface area contributed by atoms with Crippen LogP contribution in [-0.4, -0.2) is 5.11 Å². The minimum absolute atomic E-state index is 0.482. The largest absolute Gasteiger partial charge is 0.398 e. The molecule has 0 bridgehead atoms. The molecule has 0 aliphatic carbocycles. The number of aryl methyl sites for hydroxylation is 1. The fourth-order valence-corrected chi connectivity index (χ4v) is 1.41. The molecule has 2 nitrogen and oxygen atoms in total. The van der Waals surface area contributed by atoms with Gasteiger partial charge in [0.25, 0.3) is 0 Å². The Morgan fingerprint density at radius 3 is 2.33 bits per heavy atom. The van der Waals surface area contributed by atoms with E-state index in [4.69, 9.17) is 5.73 Å². The van der Waals surface area contributed by atoms with E-state index < -0.39 is 6.10 Å². The Balaban J connectivity index is 3.33. The number of rotatable bonds is 1. The molecule has 0 heterocycles. The standard InChI is InChI=1S/C10H15NO/c1-6-4-5-9(11)10(7(6)2)8(3)12/h4-5,8,12H,11H2,1-3H3. The van der Waals surface area contributed by atoms with Crippen molar-refractivity contribution in [3.8, 4) is 0 Å². The molecule has 0 amide bonds. The first-order valence-electron chi connectivity index (χ1n) is 4.07. The minimum Gasteiger partial charge on any atom is -0.398 e. The van der Waals surface area contributed by atoms with Crippen LogP contribution < -0.4 is 5.73 Å². The molecule has 1 rings (SSSR count). The first-order chi connectivity index (χ1) is 5.54. The van der Waals surface area contributed by atoms with Crippen LogP contribution in [0.1, 0.15) is 29.7 Å². The van der Waals surface area contributed by atoms with Gasteiger partial charge in [0.2, 0.25) is 0 Å². The van der Waals surface area contributed by atoms with Gasteiger partial charge in [0.1, 0.15) is 0 Å². The first kappa shape index (κ1) is 9.07. The summed E-state index contributed by atoms with van der Waals surface area (Å²) in [5, 5.41) is 9.43. The second-order valence-electron chi connectivity index (χ2n) is 3.19. The van der Waals surface area contributed by atoms with E-state index in [0.717, 1.165) is 11.1 Å². The van der Waals surface area contributed by atoms with Crippen LogP contribution in [-0.2, 0) is 0 Å². The Morgan fingerprint density at radius 2 is 1.92 bits per heavy atom. The summed E-state index contributed by atoms with van der Waals surface area (Å²) in [5.74, 6) is 0. The smallest absolute Gasteiger partial charge is 0.0784 e. The monoisotopic (exact) mass is 165 g/mol. The zero-order valence-corrected chi connectivity index (χ0v) is 7.76. The summed E-state index contributed by atoms with van der Waals surface area (Å²) >= 11 is 0. The molecule has 0 aliphatic rings. The van der Waals surface area contributed by atoms with Crippen LogP contribution >= 0.6 is 0 Å². The van der Waals surface area contributed by atoms with Crippen molar-refractivity contribution in [1.29, 1.82) is 0 Å². The number of nitrogen functional groups attached to an aromatic ring is 1. The Hall–Kier alpha value is -1.02. The van der Waals surface area contributed by atoms with Gasteiger partial charge in [0, 0.05) is 11.3 Å².